The van der Waals surface area contributed by atoms with E-state index in [1.165, 1.54) is 5.56 Å². The van der Waals surface area contributed by atoms with Crippen molar-refractivity contribution in [3.05, 3.63) is 71.3 Å². The molecule has 1 unspecified atom stereocenters. The van der Waals surface area contributed by atoms with Crippen LogP contribution in [0.3, 0.4) is 0 Å². The Bertz CT molecular complexity index is 609. The van der Waals surface area contributed by atoms with Gasteiger partial charge in [-0.15, -0.1) is 0 Å². The number of rotatable bonds is 4. The predicted octanol–water partition coefficient (Wildman–Crippen LogP) is 2.18. The van der Waals surface area contributed by atoms with Gasteiger partial charge >= 0.3 is 0 Å². The Morgan fingerprint density at radius 1 is 1.15 bits per heavy atom. The van der Waals surface area contributed by atoms with Crippen LogP contribution in [-0.2, 0) is 11.2 Å². The maximum absolute atomic E-state index is 12.3. The number of carbonyl (C=O) groups is 1. The lowest BCUT2D eigenvalue weighted by molar-refractivity contribution is -0.124. The van der Waals surface area contributed by atoms with Crippen molar-refractivity contribution in [2.24, 2.45) is 0 Å². The van der Waals surface area contributed by atoms with Gasteiger partial charge in [-0.1, -0.05) is 54.6 Å². The van der Waals surface area contributed by atoms with E-state index in [-0.39, 0.29) is 24.5 Å². The van der Waals surface area contributed by atoms with E-state index in [9.17, 15) is 9.90 Å². The molecule has 0 fully saturated rings. The van der Waals surface area contributed by atoms with Gasteiger partial charge in [0.25, 0.3) is 0 Å². The van der Waals surface area contributed by atoms with Gasteiger partial charge in [0.1, 0.15) is 0 Å². The van der Waals surface area contributed by atoms with E-state index in [0.29, 0.717) is 0 Å². The third kappa shape index (κ3) is 2.32. The van der Waals surface area contributed by atoms with Crippen LogP contribution >= 0.6 is 0 Å². The molecule has 3 rings (SSSR count). The Morgan fingerprint density at radius 3 is 2.55 bits per heavy atom. The first-order chi connectivity index (χ1) is 9.79. The highest BCUT2D eigenvalue weighted by molar-refractivity contribution is 5.87. The van der Waals surface area contributed by atoms with Crippen LogP contribution in [0, 0.1) is 0 Å². The number of hydrogen-bond donors (Lipinski definition) is 2. The topological polar surface area (TPSA) is 49.3 Å². The number of aliphatic hydroxyl groups is 1. The average molecular weight is 267 g/mol. The SMILES string of the molecule is O=C(N[C@H](CO)c1ccccc1)C1Cc2ccccc21. The quantitative estimate of drug-likeness (QED) is 0.892. The summed E-state index contributed by atoms with van der Waals surface area (Å²) in [6.07, 6.45) is 0.787. The zero-order chi connectivity index (χ0) is 13.9. The van der Waals surface area contributed by atoms with E-state index in [2.05, 4.69) is 11.4 Å². The largest absolute Gasteiger partial charge is 0.394 e. The normalized spacial score (nSPS) is 17.8. The van der Waals surface area contributed by atoms with Crippen molar-refractivity contribution in [1.29, 1.82) is 0 Å². The van der Waals surface area contributed by atoms with Gasteiger partial charge in [-0.2, -0.15) is 0 Å². The van der Waals surface area contributed by atoms with Gasteiger partial charge in [0, 0.05) is 0 Å². The van der Waals surface area contributed by atoms with E-state index in [1.54, 1.807) is 0 Å². The third-order valence-electron chi connectivity index (χ3n) is 3.87. The molecule has 0 aliphatic heterocycles. The van der Waals surface area contributed by atoms with Gasteiger partial charge in [-0.25, -0.2) is 0 Å². The molecule has 20 heavy (non-hydrogen) atoms. The number of fused-ring (bicyclic) bond motifs is 1. The summed E-state index contributed by atoms with van der Waals surface area (Å²) in [5.41, 5.74) is 3.28. The summed E-state index contributed by atoms with van der Waals surface area (Å²) < 4.78 is 0. The minimum absolute atomic E-state index is 0.00777. The number of carbonyl (C=O) groups excluding carboxylic acids is 1. The van der Waals surface area contributed by atoms with E-state index in [1.807, 2.05) is 48.5 Å². The second-order valence-electron chi connectivity index (χ2n) is 5.11. The lowest BCUT2D eigenvalue weighted by Crippen LogP contribution is -2.38. The molecule has 2 aromatic rings. The second kappa shape index (κ2) is 5.47. The van der Waals surface area contributed by atoms with Crippen LogP contribution < -0.4 is 5.32 Å². The summed E-state index contributed by atoms with van der Waals surface area (Å²) in [7, 11) is 0. The van der Waals surface area contributed by atoms with Crippen molar-refractivity contribution in [2.45, 2.75) is 18.4 Å². The molecule has 2 aromatic carbocycles. The summed E-state index contributed by atoms with van der Waals surface area (Å²) in [4.78, 5) is 12.3. The predicted molar refractivity (Wildman–Crippen MR) is 77.3 cm³/mol. The maximum Gasteiger partial charge on any atom is 0.228 e. The Morgan fingerprint density at radius 2 is 1.85 bits per heavy atom. The van der Waals surface area contributed by atoms with Crippen LogP contribution in [0.2, 0.25) is 0 Å². The van der Waals surface area contributed by atoms with Crippen LogP contribution in [0.25, 0.3) is 0 Å². The third-order valence-corrected chi connectivity index (χ3v) is 3.87. The Hall–Kier alpha value is -2.13. The summed E-state index contributed by atoms with van der Waals surface area (Å²) >= 11 is 0. The van der Waals surface area contributed by atoms with Crippen molar-refractivity contribution in [3.8, 4) is 0 Å². The first kappa shape index (κ1) is 12.9. The van der Waals surface area contributed by atoms with E-state index >= 15 is 0 Å². The van der Waals surface area contributed by atoms with Gasteiger partial charge in [0.15, 0.2) is 0 Å². The zero-order valence-electron chi connectivity index (χ0n) is 11.1. The average Bonchev–Trinajstić information content (AvgIpc) is 2.47. The molecule has 2 atom stereocenters. The van der Waals surface area contributed by atoms with E-state index in [0.717, 1.165) is 17.5 Å². The zero-order valence-corrected chi connectivity index (χ0v) is 11.1. The number of aliphatic hydroxyl groups excluding tert-OH is 1. The molecule has 0 saturated heterocycles. The van der Waals surface area contributed by atoms with E-state index in [4.69, 9.17) is 0 Å². The van der Waals surface area contributed by atoms with Crippen molar-refractivity contribution in [3.63, 3.8) is 0 Å². The van der Waals surface area contributed by atoms with Crippen LogP contribution in [0.15, 0.2) is 54.6 Å². The molecular formula is C17H17NO2. The summed E-state index contributed by atoms with van der Waals surface area (Å²) in [6, 6.07) is 17.2. The fourth-order valence-corrected chi connectivity index (χ4v) is 2.68. The monoisotopic (exact) mass is 267 g/mol. The fourth-order valence-electron chi connectivity index (χ4n) is 2.68. The van der Waals surface area contributed by atoms with Crippen LogP contribution in [0.5, 0.6) is 0 Å². The smallest absolute Gasteiger partial charge is 0.228 e. The molecule has 0 spiro atoms. The number of amides is 1. The highest BCUT2D eigenvalue weighted by Gasteiger charge is 2.32. The van der Waals surface area contributed by atoms with Crippen molar-refractivity contribution in [1.82, 2.24) is 5.32 Å². The fraction of sp³-hybridized carbons (Fsp3) is 0.235. The van der Waals surface area contributed by atoms with Gasteiger partial charge in [0.05, 0.1) is 18.6 Å². The molecule has 0 saturated carbocycles. The minimum atomic E-state index is -0.337. The lowest BCUT2D eigenvalue weighted by Gasteiger charge is -2.30. The Labute approximate surface area is 118 Å². The summed E-state index contributed by atoms with van der Waals surface area (Å²) in [6.45, 7) is -0.0931. The molecule has 0 radical (unpaired) electrons. The number of hydrogen-bond acceptors (Lipinski definition) is 2. The van der Waals surface area contributed by atoms with Crippen LogP contribution in [-0.4, -0.2) is 17.6 Å². The van der Waals surface area contributed by atoms with Crippen molar-refractivity contribution >= 4 is 5.91 Å². The lowest BCUT2D eigenvalue weighted by atomic mass is 9.77. The highest BCUT2D eigenvalue weighted by Crippen LogP contribution is 2.35. The number of nitrogens with one attached hydrogen (secondary N) is 1. The van der Waals surface area contributed by atoms with Crippen LogP contribution in [0.4, 0.5) is 0 Å². The van der Waals surface area contributed by atoms with Gasteiger partial charge < -0.3 is 10.4 Å². The summed E-state index contributed by atoms with van der Waals surface area (Å²) in [5.74, 6) is -0.0874. The van der Waals surface area contributed by atoms with E-state index < -0.39 is 0 Å². The first-order valence-electron chi connectivity index (χ1n) is 6.83. The van der Waals surface area contributed by atoms with Gasteiger partial charge in [-0.05, 0) is 23.1 Å². The molecule has 2 N–H and O–H groups in total. The second-order valence-corrected chi connectivity index (χ2v) is 5.11. The summed E-state index contributed by atoms with van der Waals surface area (Å²) in [5, 5.41) is 12.4. The van der Waals surface area contributed by atoms with Crippen molar-refractivity contribution in [2.75, 3.05) is 6.61 Å². The van der Waals surface area contributed by atoms with Crippen molar-refractivity contribution < 1.29 is 9.90 Å². The molecule has 3 heteroatoms. The molecule has 3 nitrogen and oxygen atoms in total. The Balaban J connectivity index is 1.71. The molecule has 0 aromatic heterocycles. The maximum atomic E-state index is 12.3. The molecule has 1 amide bonds. The molecule has 0 bridgehead atoms. The van der Waals surface area contributed by atoms with Crippen LogP contribution in [0.1, 0.15) is 28.7 Å². The first-order valence-corrected chi connectivity index (χ1v) is 6.83. The van der Waals surface area contributed by atoms with Gasteiger partial charge in [-0.3, -0.25) is 4.79 Å². The minimum Gasteiger partial charge on any atom is -0.394 e. The molecule has 0 heterocycles. The standard InChI is InChI=1S/C17H17NO2/c19-11-16(12-6-2-1-3-7-12)18-17(20)15-10-13-8-4-5-9-14(13)15/h1-9,15-16,19H,10-11H2,(H,18,20)/t15?,16-/m1/s1. The molecular weight excluding hydrogens is 250 g/mol. The molecule has 102 valence electrons. The number of benzene rings is 2. The van der Waals surface area contributed by atoms with Gasteiger partial charge in [0.2, 0.25) is 5.91 Å². The highest BCUT2D eigenvalue weighted by atomic mass is 16.3. The molecule has 1 aliphatic rings. The molecule has 1 aliphatic carbocycles. The Kier molecular flexibility index (Phi) is 3.52.